The highest BCUT2D eigenvalue weighted by molar-refractivity contribution is 6.07. The Morgan fingerprint density at radius 1 is 1.35 bits per heavy atom. The van der Waals surface area contributed by atoms with Gasteiger partial charge in [-0.15, -0.1) is 0 Å². The summed E-state index contributed by atoms with van der Waals surface area (Å²) in [7, 11) is 0. The van der Waals surface area contributed by atoms with Gasteiger partial charge in [-0.05, 0) is 36.5 Å². The molecule has 1 aliphatic heterocycles. The van der Waals surface area contributed by atoms with Crippen molar-refractivity contribution in [3.8, 4) is 0 Å². The average Bonchev–Trinajstić information content (AvgIpc) is 2.74. The Morgan fingerprint density at radius 3 is 2.74 bits per heavy atom. The molecular weight excluding hydrogens is 294 g/mol. The molecule has 6 heteroatoms. The fourth-order valence-corrected chi connectivity index (χ4v) is 2.57. The molecule has 124 valence electrons. The van der Waals surface area contributed by atoms with Crippen LogP contribution in [-0.4, -0.2) is 35.3 Å². The van der Waals surface area contributed by atoms with E-state index in [2.05, 4.69) is 10.6 Å². The van der Waals surface area contributed by atoms with Gasteiger partial charge in [0.25, 0.3) is 5.91 Å². The lowest BCUT2D eigenvalue weighted by Gasteiger charge is -2.14. The molecule has 1 heterocycles. The van der Waals surface area contributed by atoms with E-state index in [9.17, 15) is 14.4 Å². The summed E-state index contributed by atoms with van der Waals surface area (Å²) in [5, 5.41) is 5.36. The number of hydrogen-bond donors (Lipinski definition) is 2. The molecule has 2 rings (SSSR count). The third-order valence-electron chi connectivity index (χ3n) is 3.73. The van der Waals surface area contributed by atoms with E-state index in [1.54, 1.807) is 6.07 Å². The van der Waals surface area contributed by atoms with Crippen LogP contribution in [0.3, 0.4) is 0 Å². The summed E-state index contributed by atoms with van der Waals surface area (Å²) in [6.45, 7) is 5.73. The molecular formula is C17H23N3O3. The van der Waals surface area contributed by atoms with E-state index in [0.29, 0.717) is 12.1 Å². The van der Waals surface area contributed by atoms with Crippen LogP contribution in [0, 0.1) is 5.92 Å². The van der Waals surface area contributed by atoms with Gasteiger partial charge in [-0.2, -0.15) is 0 Å². The Morgan fingerprint density at radius 2 is 2.09 bits per heavy atom. The minimum absolute atomic E-state index is 0.268. The predicted molar refractivity (Wildman–Crippen MR) is 87.9 cm³/mol. The van der Waals surface area contributed by atoms with Gasteiger partial charge in [0.05, 0.1) is 0 Å². The van der Waals surface area contributed by atoms with Crippen LogP contribution in [0.2, 0.25) is 0 Å². The number of hydrogen-bond acceptors (Lipinski definition) is 3. The minimum Gasteiger partial charge on any atom is -0.326 e. The Hall–Kier alpha value is -2.37. The first-order valence-corrected chi connectivity index (χ1v) is 7.91. The van der Waals surface area contributed by atoms with Gasteiger partial charge in [0.1, 0.15) is 12.6 Å². The smallest absolute Gasteiger partial charge is 0.325 e. The maximum Gasteiger partial charge on any atom is 0.325 e. The Labute approximate surface area is 136 Å². The van der Waals surface area contributed by atoms with Crippen molar-refractivity contribution in [3.05, 3.63) is 29.8 Å². The van der Waals surface area contributed by atoms with Crippen molar-refractivity contribution in [1.82, 2.24) is 10.2 Å². The third kappa shape index (κ3) is 4.31. The summed E-state index contributed by atoms with van der Waals surface area (Å²) in [5.41, 5.74) is 1.77. The fourth-order valence-electron chi connectivity index (χ4n) is 2.57. The van der Waals surface area contributed by atoms with Gasteiger partial charge >= 0.3 is 6.03 Å². The van der Waals surface area contributed by atoms with E-state index in [4.69, 9.17) is 0 Å². The summed E-state index contributed by atoms with van der Waals surface area (Å²) in [4.78, 5) is 37.2. The first-order valence-electron chi connectivity index (χ1n) is 7.91. The lowest BCUT2D eigenvalue weighted by atomic mass is 10.0. The molecule has 23 heavy (non-hydrogen) atoms. The van der Waals surface area contributed by atoms with Crippen molar-refractivity contribution in [1.29, 1.82) is 0 Å². The Bertz CT molecular complexity index is 613. The lowest BCUT2D eigenvalue weighted by molar-refractivity contribution is -0.131. The lowest BCUT2D eigenvalue weighted by Crippen LogP contribution is -2.38. The zero-order valence-corrected chi connectivity index (χ0v) is 13.8. The average molecular weight is 317 g/mol. The number of rotatable bonds is 6. The zero-order valence-electron chi connectivity index (χ0n) is 13.8. The van der Waals surface area contributed by atoms with Gasteiger partial charge in [-0.25, -0.2) is 4.79 Å². The van der Waals surface area contributed by atoms with Crippen molar-refractivity contribution >= 4 is 23.5 Å². The maximum atomic E-state index is 12.2. The Balaban J connectivity index is 1.97. The van der Waals surface area contributed by atoms with Crippen LogP contribution in [0.25, 0.3) is 0 Å². The molecule has 1 aromatic carbocycles. The normalized spacial score (nSPS) is 17.6. The van der Waals surface area contributed by atoms with Gasteiger partial charge in [0.15, 0.2) is 0 Å². The summed E-state index contributed by atoms with van der Waals surface area (Å²) in [6, 6.07) is 6.47. The number of nitrogens with one attached hydrogen (secondary N) is 2. The highest BCUT2D eigenvalue weighted by Crippen LogP contribution is 2.15. The van der Waals surface area contributed by atoms with E-state index >= 15 is 0 Å². The quantitative estimate of drug-likeness (QED) is 0.789. The van der Waals surface area contributed by atoms with Gasteiger partial charge in [0, 0.05) is 5.69 Å². The monoisotopic (exact) mass is 317 g/mol. The Kier molecular flexibility index (Phi) is 5.36. The molecule has 0 spiro atoms. The molecule has 1 fully saturated rings. The van der Waals surface area contributed by atoms with Crippen molar-refractivity contribution in [2.45, 2.75) is 39.7 Å². The summed E-state index contributed by atoms with van der Waals surface area (Å²) >= 11 is 0. The highest BCUT2D eigenvalue weighted by atomic mass is 16.2. The maximum absolute atomic E-state index is 12.2. The van der Waals surface area contributed by atoms with Crippen molar-refractivity contribution in [3.63, 3.8) is 0 Å². The molecule has 1 unspecified atom stereocenters. The van der Waals surface area contributed by atoms with Gasteiger partial charge in [-0.3, -0.25) is 14.5 Å². The standard InChI is InChI=1S/C17H23N3O3/c1-4-12-6-5-7-13(9-12)18-15(21)10-20-16(22)14(8-11(2)3)19-17(20)23/h5-7,9,11,14H,4,8,10H2,1-3H3,(H,18,21)(H,19,23). The summed E-state index contributed by atoms with van der Waals surface area (Å²) in [5.74, 6) is -0.428. The summed E-state index contributed by atoms with van der Waals surface area (Å²) in [6.07, 6.45) is 1.44. The number of nitrogens with zero attached hydrogens (tertiary/aromatic N) is 1. The van der Waals surface area contributed by atoms with E-state index in [1.807, 2.05) is 39.0 Å². The number of anilines is 1. The second kappa shape index (κ2) is 7.26. The summed E-state index contributed by atoms with van der Waals surface area (Å²) < 4.78 is 0. The number of carbonyl (C=O) groups excluding carboxylic acids is 3. The topological polar surface area (TPSA) is 78.5 Å². The van der Waals surface area contributed by atoms with E-state index in [0.717, 1.165) is 16.9 Å². The van der Waals surface area contributed by atoms with Gasteiger partial charge in [-0.1, -0.05) is 32.9 Å². The van der Waals surface area contributed by atoms with E-state index in [1.165, 1.54) is 0 Å². The molecule has 4 amide bonds. The van der Waals surface area contributed by atoms with Crippen LogP contribution in [0.15, 0.2) is 24.3 Å². The fraction of sp³-hybridized carbons (Fsp3) is 0.471. The first kappa shape index (κ1) is 17.0. The van der Waals surface area contributed by atoms with Gasteiger partial charge < -0.3 is 10.6 Å². The van der Waals surface area contributed by atoms with E-state index in [-0.39, 0.29) is 24.3 Å². The molecule has 1 saturated heterocycles. The highest BCUT2D eigenvalue weighted by Gasteiger charge is 2.38. The second-order valence-corrected chi connectivity index (χ2v) is 6.16. The second-order valence-electron chi connectivity index (χ2n) is 6.16. The van der Waals surface area contributed by atoms with Crippen LogP contribution < -0.4 is 10.6 Å². The number of benzene rings is 1. The molecule has 0 aromatic heterocycles. The van der Waals surface area contributed by atoms with Crippen LogP contribution in [0.5, 0.6) is 0 Å². The number of urea groups is 1. The number of imide groups is 1. The molecule has 1 aromatic rings. The zero-order chi connectivity index (χ0) is 17.0. The predicted octanol–water partition coefficient (Wildman–Crippen LogP) is 2.15. The number of aryl methyl sites for hydroxylation is 1. The van der Waals surface area contributed by atoms with Crippen LogP contribution in [0.4, 0.5) is 10.5 Å². The number of carbonyl (C=O) groups is 3. The van der Waals surface area contributed by atoms with Crippen LogP contribution >= 0.6 is 0 Å². The minimum atomic E-state index is -0.529. The molecule has 0 bridgehead atoms. The molecule has 0 radical (unpaired) electrons. The molecule has 0 saturated carbocycles. The first-order chi connectivity index (χ1) is 10.9. The molecule has 1 aliphatic rings. The van der Waals surface area contributed by atoms with Crippen LogP contribution in [-0.2, 0) is 16.0 Å². The molecule has 1 atom stereocenters. The van der Waals surface area contributed by atoms with E-state index < -0.39 is 12.1 Å². The van der Waals surface area contributed by atoms with Crippen molar-refractivity contribution in [2.24, 2.45) is 5.92 Å². The molecule has 6 nitrogen and oxygen atoms in total. The van der Waals surface area contributed by atoms with Crippen molar-refractivity contribution in [2.75, 3.05) is 11.9 Å². The SMILES string of the molecule is CCc1cccc(NC(=O)CN2C(=O)NC(CC(C)C)C2=O)c1. The van der Waals surface area contributed by atoms with Crippen LogP contribution in [0.1, 0.15) is 32.8 Å². The van der Waals surface area contributed by atoms with Gasteiger partial charge in [0.2, 0.25) is 5.91 Å². The third-order valence-corrected chi connectivity index (χ3v) is 3.73. The largest absolute Gasteiger partial charge is 0.326 e. The van der Waals surface area contributed by atoms with Crippen molar-refractivity contribution < 1.29 is 14.4 Å². The molecule has 2 N–H and O–H groups in total. The number of amides is 4. The molecule has 0 aliphatic carbocycles.